The van der Waals surface area contributed by atoms with Crippen LogP contribution in [0.4, 0.5) is 0 Å². The van der Waals surface area contributed by atoms with Gasteiger partial charge in [0.15, 0.2) is 0 Å². The van der Waals surface area contributed by atoms with Crippen molar-refractivity contribution >= 4 is 17.2 Å². The molecule has 1 N–H and O–H groups in total. The summed E-state index contributed by atoms with van der Waals surface area (Å²) in [7, 11) is 0. The predicted molar refractivity (Wildman–Crippen MR) is 72.8 cm³/mol. The molecule has 1 unspecified atom stereocenters. The average Bonchev–Trinajstić information content (AvgIpc) is 2.92. The van der Waals surface area contributed by atoms with E-state index in [4.69, 9.17) is 4.74 Å². The largest absolute Gasteiger partial charge is 0.381 e. The van der Waals surface area contributed by atoms with Crippen molar-refractivity contribution in [3.8, 4) is 0 Å². The van der Waals surface area contributed by atoms with Crippen molar-refractivity contribution in [2.75, 3.05) is 13.2 Å². The molecule has 3 aliphatic rings. The highest BCUT2D eigenvalue weighted by Crippen LogP contribution is 2.48. The number of rotatable bonds is 2. The zero-order valence-corrected chi connectivity index (χ0v) is 11.6. The molecule has 1 spiro atoms. The fourth-order valence-electron chi connectivity index (χ4n) is 3.24. The van der Waals surface area contributed by atoms with Crippen molar-refractivity contribution in [1.29, 1.82) is 0 Å². The number of thiophene rings is 1. The number of ether oxygens (including phenoxy) is 1. The van der Waals surface area contributed by atoms with Crippen LogP contribution in [0.1, 0.15) is 36.7 Å². The van der Waals surface area contributed by atoms with E-state index in [0.717, 1.165) is 38.9 Å². The highest BCUT2D eigenvalue weighted by molar-refractivity contribution is 7.10. The van der Waals surface area contributed by atoms with E-state index in [1.54, 1.807) is 11.3 Å². The van der Waals surface area contributed by atoms with Crippen molar-refractivity contribution in [3.05, 3.63) is 22.4 Å². The normalized spacial score (nSPS) is 30.2. The van der Waals surface area contributed by atoms with Gasteiger partial charge in [-0.05, 0) is 37.1 Å². The molecule has 102 valence electrons. The first kappa shape index (κ1) is 11.9. The molecule has 4 rings (SSSR count). The molecular weight excluding hydrogens is 260 g/mol. The lowest BCUT2D eigenvalue weighted by molar-refractivity contribution is -0.134. The molecule has 0 aromatic carbocycles. The Labute approximate surface area is 116 Å². The van der Waals surface area contributed by atoms with Gasteiger partial charge in [0.1, 0.15) is 11.7 Å². The van der Waals surface area contributed by atoms with Crippen LogP contribution in [-0.2, 0) is 9.53 Å². The minimum atomic E-state index is -0.229. The molecule has 2 aliphatic heterocycles. The standard InChI is InChI=1S/C14H18N2O2S/c17-13-14(5-6-14)15-12(11-2-1-9-19-11)16(13)10-3-7-18-8-4-10/h1-2,9-10,12,15H,3-8H2. The molecule has 1 atom stereocenters. The predicted octanol–water partition coefficient (Wildman–Crippen LogP) is 1.89. The van der Waals surface area contributed by atoms with E-state index in [1.165, 1.54) is 4.88 Å². The van der Waals surface area contributed by atoms with Gasteiger partial charge < -0.3 is 9.64 Å². The molecule has 0 bridgehead atoms. The van der Waals surface area contributed by atoms with Crippen molar-refractivity contribution in [2.24, 2.45) is 0 Å². The third-order valence-corrected chi connectivity index (χ3v) is 5.41. The first-order valence-electron chi connectivity index (χ1n) is 7.02. The number of nitrogens with one attached hydrogen (secondary N) is 1. The van der Waals surface area contributed by atoms with Crippen molar-refractivity contribution in [1.82, 2.24) is 10.2 Å². The van der Waals surface area contributed by atoms with E-state index in [0.29, 0.717) is 11.9 Å². The van der Waals surface area contributed by atoms with Gasteiger partial charge in [-0.25, -0.2) is 0 Å². The Kier molecular flexibility index (Phi) is 2.69. The minimum absolute atomic E-state index is 0.0816. The molecule has 0 radical (unpaired) electrons. The van der Waals surface area contributed by atoms with Gasteiger partial charge >= 0.3 is 0 Å². The fraction of sp³-hybridized carbons (Fsp3) is 0.643. The minimum Gasteiger partial charge on any atom is -0.381 e. The van der Waals surface area contributed by atoms with E-state index in [-0.39, 0.29) is 11.7 Å². The van der Waals surface area contributed by atoms with Gasteiger partial charge in [0, 0.05) is 24.1 Å². The number of amides is 1. The maximum atomic E-state index is 12.7. The van der Waals surface area contributed by atoms with Crippen LogP contribution >= 0.6 is 11.3 Å². The molecule has 3 fully saturated rings. The smallest absolute Gasteiger partial charge is 0.244 e. The summed E-state index contributed by atoms with van der Waals surface area (Å²) in [6.07, 6.45) is 4.00. The molecule has 2 saturated heterocycles. The Balaban J connectivity index is 1.66. The highest BCUT2D eigenvalue weighted by atomic mass is 32.1. The quantitative estimate of drug-likeness (QED) is 0.898. The topological polar surface area (TPSA) is 41.6 Å². The second-order valence-corrected chi connectivity index (χ2v) is 6.68. The Morgan fingerprint density at radius 1 is 1.37 bits per heavy atom. The van der Waals surface area contributed by atoms with Gasteiger partial charge in [-0.3, -0.25) is 10.1 Å². The van der Waals surface area contributed by atoms with Crippen LogP contribution in [0.5, 0.6) is 0 Å². The zero-order valence-electron chi connectivity index (χ0n) is 10.8. The lowest BCUT2D eigenvalue weighted by atomic mass is 10.1. The van der Waals surface area contributed by atoms with Crippen molar-refractivity contribution in [2.45, 2.75) is 43.4 Å². The Morgan fingerprint density at radius 2 is 2.16 bits per heavy atom. The summed E-state index contributed by atoms with van der Waals surface area (Å²) < 4.78 is 5.43. The Hall–Kier alpha value is -0.910. The van der Waals surface area contributed by atoms with Gasteiger partial charge in [-0.15, -0.1) is 11.3 Å². The third-order valence-electron chi connectivity index (χ3n) is 4.48. The van der Waals surface area contributed by atoms with E-state index >= 15 is 0 Å². The summed E-state index contributed by atoms with van der Waals surface area (Å²) in [5.74, 6) is 0.317. The van der Waals surface area contributed by atoms with Crippen molar-refractivity contribution < 1.29 is 9.53 Å². The first-order chi connectivity index (χ1) is 9.30. The number of hydrogen-bond donors (Lipinski definition) is 1. The Morgan fingerprint density at radius 3 is 2.79 bits per heavy atom. The second-order valence-electron chi connectivity index (χ2n) is 5.70. The monoisotopic (exact) mass is 278 g/mol. The van der Waals surface area contributed by atoms with Gasteiger partial charge in [0.2, 0.25) is 5.91 Å². The summed E-state index contributed by atoms with van der Waals surface area (Å²) in [5.41, 5.74) is -0.229. The summed E-state index contributed by atoms with van der Waals surface area (Å²) in [6, 6.07) is 4.52. The number of carbonyl (C=O) groups is 1. The highest BCUT2D eigenvalue weighted by Gasteiger charge is 2.60. The molecule has 1 aromatic rings. The second kappa shape index (κ2) is 4.30. The summed E-state index contributed by atoms with van der Waals surface area (Å²) in [5, 5.41) is 5.67. The maximum Gasteiger partial charge on any atom is 0.244 e. The van der Waals surface area contributed by atoms with E-state index < -0.39 is 0 Å². The van der Waals surface area contributed by atoms with Crippen LogP contribution in [0.25, 0.3) is 0 Å². The lowest BCUT2D eigenvalue weighted by Gasteiger charge is -2.34. The molecule has 19 heavy (non-hydrogen) atoms. The Bertz CT molecular complexity index is 478. The van der Waals surface area contributed by atoms with E-state index in [1.807, 2.05) is 0 Å². The van der Waals surface area contributed by atoms with E-state index in [2.05, 4.69) is 27.7 Å². The van der Waals surface area contributed by atoms with Gasteiger partial charge in [-0.2, -0.15) is 0 Å². The lowest BCUT2D eigenvalue weighted by Crippen LogP contribution is -2.43. The molecule has 1 aliphatic carbocycles. The first-order valence-corrected chi connectivity index (χ1v) is 7.90. The maximum absolute atomic E-state index is 12.7. The zero-order chi connectivity index (χ0) is 12.9. The van der Waals surface area contributed by atoms with E-state index in [9.17, 15) is 4.79 Å². The van der Waals surface area contributed by atoms with Gasteiger partial charge in [-0.1, -0.05) is 6.07 Å². The number of hydrogen-bond acceptors (Lipinski definition) is 4. The van der Waals surface area contributed by atoms with Crippen LogP contribution in [0, 0.1) is 0 Å². The molecule has 4 nitrogen and oxygen atoms in total. The summed E-state index contributed by atoms with van der Waals surface area (Å²) >= 11 is 1.73. The number of carbonyl (C=O) groups excluding carboxylic acids is 1. The van der Waals surface area contributed by atoms with Crippen LogP contribution in [0.3, 0.4) is 0 Å². The molecule has 1 aromatic heterocycles. The molecule has 1 amide bonds. The van der Waals surface area contributed by atoms with Gasteiger partial charge in [0.25, 0.3) is 0 Å². The SMILES string of the molecule is O=C1N(C2CCOCC2)C(c2cccs2)NC12CC2. The molecule has 1 saturated carbocycles. The van der Waals surface area contributed by atoms with Crippen LogP contribution in [-0.4, -0.2) is 35.6 Å². The van der Waals surface area contributed by atoms with Crippen LogP contribution in [0.2, 0.25) is 0 Å². The summed E-state index contributed by atoms with van der Waals surface area (Å²) in [4.78, 5) is 16.1. The van der Waals surface area contributed by atoms with Crippen LogP contribution < -0.4 is 5.32 Å². The van der Waals surface area contributed by atoms with Gasteiger partial charge in [0.05, 0.1) is 0 Å². The fourth-order valence-corrected chi connectivity index (χ4v) is 4.01. The molecular formula is C14H18N2O2S. The third kappa shape index (κ3) is 1.83. The molecule has 5 heteroatoms. The average molecular weight is 278 g/mol. The van der Waals surface area contributed by atoms with Crippen LogP contribution in [0.15, 0.2) is 17.5 Å². The van der Waals surface area contributed by atoms with Crippen molar-refractivity contribution in [3.63, 3.8) is 0 Å². The summed E-state index contributed by atoms with van der Waals surface area (Å²) in [6.45, 7) is 1.55. The number of nitrogens with zero attached hydrogens (tertiary/aromatic N) is 1. The molecule has 3 heterocycles.